The third-order valence-corrected chi connectivity index (χ3v) is 3.35. The Balaban J connectivity index is 2.02. The van der Waals surface area contributed by atoms with Crippen molar-refractivity contribution in [2.75, 3.05) is 39.8 Å². The predicted octanol–water partition coefficient (Wildman–Crippen LogP) is 0.469. The lowest BCUT2D eigenvalue weighted by Gasteiger charge is -2.29. The van der Waals surface area contributed by atoms with Gasteiger partial charge in [-0.15, -0.1) is 0 Å². The number of carbonyl (C=O) groups excluding carboxylic acids is 2. The topological polar surface area (TPSA) is 52.7 Å². The fourth-order valence-corrected chi connectivity index (χ4v) is 2.16. The lowest BCUT2D eigenvalue weighted by molar-refractivity contribution is -0.132. The van der Waals surface area contributed by atoms with E-state index < -0.39 is 17.5 Å². The molecule has 1 aliphatic heterocycles. The van der Waals surface area contributed by atoms with Gasteiger partial charge in [0.15, 0.2) is 0 Å². The zero-order valence-corrected chi connectivity index (χ0v) is 11.7. The van der Waals surface area contributed by atoms with Crippen LogP contribution in [0.3, 0.4) is 0 Å². The standard InChI is InChI=1S/C14H17F2N3O2/c1-18(9-13(20)19-6-4-17-5-7-19)14(21)11-8-10(15)2-3-12(11)16/h2-3,8,17H,4-7,9H2,1H3. The molecule has 1 heterocycles. The number of carbonyl (C=O) groups is 2. The van der Waals surface area contributed by atoms with E-state index in [2.05, 4.69) is 5.32 Å². The molecule has 0 spiro atoms. The molecular weight excluding hydrogens is 280 g/mol. The van der Waals surface area contributed by atoms with Crippen molar-refractivity contribution in [3.8, 4) is 0 Å². The summed E-state index contributed by atoms with van der Waals surface area (Å²) in [6, 6.07) is 2.68. The third kappa shape index (κ3) is 3.75. The average Bonchev–Trinajstić information content (AvgIpc) is 2.49. The number of nitrogens with zero attached hydrogens (tertiary/aromatic N) is 2. The lowest BCUT2D eigenvalue weighted by Crippen LogP contribution is -2.49. The van der Waals surface area contributed by atoms with Gasteiger partial charge in [0.05, 0.1) is 12.1 Å². The number of piperazine rings is 1. The number of benzene rings is 1. The molecule has 1 N–H and O–H groups in total. The minimum absolute atomic E-state index is 0.158. The van der Waals surface area contributed by atoms with Crippen molar-refractivity contribution in [3.63, 3.8) is 0 Å². The first-order valence-corrected chi connectivity index (χ1v) is 6.68. The van der Waals surface area contributed by atoms with Crippen molar-refractivity contribution < 1.29 is 18.4 Å². The van der Waals surface area contributed by atoms with Crippen LogP contribution in [0.25, 0.3) is 0 Å². The Morgan fingerprint density at radius 3 is 2.62 bits per heavy atom. The van der Waals surface area contributed by atoms with E-state index in [0.717, 1.165) is 23.1 Å². The van der Waals surface area contributed by atoms with E-state index in [1.54, 1.807) is 4.90 Å². The van der Waals surface area contributed by atoms with Crippen LogP contribution >= 0.6 is 0 Å². The molecule has 0 bridgehead atoms. The minimum Gasteiger partial charge on any atom is -0.339 e. The highest BCUT2D eigenvalue weighted by Gasteiger charge is 2.22. The van der Waals surface area contributed by atoms with Crippen LogP contribution in [-0.4, -0.2) is 61.4 Å². The first-order valence-electron chi connectivity index (χ1n) is 6.68. The summed E-state index contributed by atoms with van der Waals surface area (Å²) >= 11 is 0. The Morgan fingerprint density at radius 1 is 1.29 bits per heavy atom. The molecule has 1 aromatic carbocycles. The van der Waals surface area contributed by atoms with Gasteiger partial charge in [0.1, 0.15) is 11.6 Å². The maximum absolute atomic E-state index is 13.6. The Morgan fingerprint density at radius 2 is 1.95 bits per heavy atom. The maximum atomic E-state index is 13.6. The van der Waals surface area contributed by atoms with Crippen LogP contribution in [0.2, 0.25) is 0 Å². The summed E-state index contributed by atoms with van der Waals surface area (Å²) in [5.74, 6) is -2.41. The quantitative estimate of drug-likeness (QED) is 0.882. The summed E-state index contributed by atoms with van der Waals surface area (Å²) in [6.07, 6.45) is 0. The van der Waals surface area contributed by atoms with Crippen LogP contribution in [0, 0.1) is 11.6 Å². The van der Waals surface area contributed by atoms with Gasteiger partial charge in [-0.3, -0.25) is 9.59 Å². The van der Waals surface area contributed by atoms with E-state index in [1.165, 1.54) is 7.05 Å². The lowest BCUT2D eigenvalue weighted by atomic mass is 10.2. The first-order chi connectivity index (χ1) is 9.99. The van der Waals surface area contributed by atoms with Crippen LogP contribution in [-0.2, 0) is 4.79 Å². The van der Waals surface area contributed by atoms with Gasteiger partial charge < -0.3 is 15.1 Å². The summed E-state index contributed by atoms with van der Waals surface area (Å²) in [7, 11) is 1.40. The molecule has 5 nitrogen and oxygen atoms in total. The van der Waals surface area contributed by atoms with E-state index in [1.807, 2.05) is 0 Å². The fourth-order valence-electron chi connectivity index (χ4n) is 2.16. The molecule has 1 aromatic rings. The summed E-state index contributed by atoms with van der Waals surface area (Å²) < 4.78 is 26.7. The van der Waals surface area contributed by atoms with Crippen molar-refractivity contribution in [2.45, 2.75) is 0 Å². The molecule has 2 amide bonds. The molecule has 7 heteroatoms. The zero-order valence-electron chi connectivity index (χ0n) is 11.7. The molecule has 0 unspecified atom stereocenters. The van der Waals surface area contributed by atoms with Crippen molar-refractivity contribution in [1.82, 2.24) is 15.1 Å². The SMILES string of the molecule is CN(CC(=O)N1CCNCC1)C(=O)c1cc(F)ccc1F. The largest absolute Gasteiger partial charge is 0.339 e. The Hall–Kier alpha value is -2.02. The van der Waals surface area contributed by atoms with E-state index in [-0.39, 0.29) is 18.0 Å². The van der Waals surface area contributed by atoms with Gasteiger partial charge in [-0.2, -0.15) is 0 Å². The number of amides is 2. The molecule has 1 aliphatic rings. The highest BCUT2D eigenvalue weighted by atomic mass is 19.1. The van der Waals surface area contributed by atoms with Crippen LogP contribution in [0.15, 0.2) is 18.2 Å². The van der Waals surface area contributed by atoms with E-state index in [4.69, 9.17) is 0 Å². The van der Waals surface area contributed by atoms with Crippen LogP contribution in [0.4, 0.5) is 8.78 Å². The smallest absolute Gasteiger partial charge is 0.257 e. The first kappa shape index (κ1) is 15.4. The van der Waals surface area contributed by atoms with Gasteiger partial charge in [-0.1, -0.05) is 0 Å². The highest BCUT2D eigenvalue weighted by Crippen LogP contribution is 2.12. The number of rotatable bonds is 3. The molecule has 0 aliphatic carbocycles. The maximum Gasteiger partial charge on any atom is 0.257 e. The van der Waals surface area contributed by atoms with Crippen molar-refractivity contribution in [3.05, 3.63) is 35.4 Å². The number of likely N-dealkylation sites (N-methyl/N-ethyl adjacent to an activating group) is 1. The number of halogens is 2. The molecule has 0 saturated carbocycles. The van der Waals surface area contributed by atoms with Crippen molar-refractivity contribution >= 4 is 11.8 Å². The summed E-state index contributed by atoms with van der Waals surface area (Å²) in [5, 5.41) is 3.12. The van der Waals surface area contributed by atoms with Crippen LogP contribution in [0.1, 0.15) is 10.4 Å². The van der Waals surface area contributed by atoms with E-state index in [9.17, 15) is 18.4 Å². The molecular formula is C14H17F2N3O2. The molecule has 1 fully saturated rings. The van der Waals surface area contributed by atoms with Crippen molar-refractivity contribution in [2.24, 2.45) is 0 Å². The van der Waals surface area contributed by atoms with E-state index in [0.29, 0.717) is 26.2 Å². The number of nitrogens with one attached hydrogen (secondary N) is 1. The fraction of sp³-hybridized carbons (Fsp3) is 0.429. The average molecular weight is 297 g/mol. The monoisotopic (exact) mass is 297 g/mol. The van der Waals surface area contributed by atoms with Gasteiger partial charge in [0, 0.05) is 33.2 Å². The second-order valence-corrected chi connectivity index (χ2v) is 4.92. The summed E-state index contributed by atoms with van der Waals surface area (Å²) in [6.45, 7) is 2.42. The van der Waals surface area contributed by atoms with Crippen LogP contribution in [0.5, 0.6) is 0 Å². The molecule has 21 heavy (non-hydrogen) atoms. The van der Waals surface area contributed by atoms with Crippen LogP contribution < -0.4 is 5.32 Å². The van der Waals surface area contributed by atoms with Gasteiger partial charge in [-0.25, -0.2) is 8.78 Å². The van der Waals surface area contributed by atoms with E-state index >= 15 is 0 Å². The number of hydrogen-bond acceptors (Lipinski definition) is 3. The minimum atomic E-state index is -0.803. The number of hydrogen-bond donors (Lipinski definition) is 1. The molecule has 0 atom stereocenters. The zero-order chi connectivity index (χ0) is 15.4. The molecule has 0 radical (unpaired) electrons. The Bertz CT molecular complexity index is 545. The normalized spacial score (nSPS) is 14.9. The molecule has 2 rings (SSSR count). The van der Waals surface area contributed by atoms with Gasteiger partial charge in [-0.05, 0) is 18.2 Å². The highest BCUT2D eigenvalue weighted by molar-refractivity contribution is 5.96. The van der Waals surface area contributed by atoms with Crippen molar-refractivity contribution in [1.29, 1.82) is 0 Å². The summed E-state index contributed by atoms with van der Waals surface area (Å²) in [5.41, 5.74) is -0.370. The summed E-state index contributed by atoms with van der Waals surface area (Å²) in [4.78, 5) is 26.8. The van der Waals surface area contributed by atoms with Gasteiger partial charge in [0.2, 0.25) is 5.91 Å². The predicted molar refractivity (Wildman–Crippen MR) is 72.8 cm³/mol. The Kier molecular flexibility index (Phi) is 4.85. The molecule has 114 valence electrons. The van der Waals surface area contributed by atoms with Gasteiger partial charge in [0.25, 0.3) is 5.91 Å². The van der Waals surface area contributed by atoms with Gasteiger partial charge >= 0.3 is 0 Å². The second kappa shape index (κ2) is 6.62. The molecule has 0 aromatic heterocycles. The third-order valence-electron chi connectivity index (χ3n) is 3.35. The second-order valence-electron chi connectivity index (χ2n) is 4.92. The Labute approximate surface area is 121 Å². The molecule has 1 saturated heterocycles.